The van der Waals surface area contributed by atoms with Crippen molar-refractivity contribution in [3.05, 3.63) is 156 Å². The molecule has 236 valence electrons. The van der Waals surface area contributed by atoms with E-state index in [-0.39, 0.29) is 29.9 Å². The zero-order valence-electron chi connectivity index (χ0n) is 25.6. The van der Waals surface area contributed by atoms with Crippen molar-refractivity contribution in [2.45, 2.75) is 19.6 Å². The zero-order chi connectivity index (χ0) is 32.9. The van der Waals surface area contributed by atoms with Crippen molar-refractivity contribution in [1.82, 2.24) is 4.57 Å². The van der Waals surface area contributed by atoms with Crippen LogP contribution in [0.2, 0.25) is 0 Å². The number of thiazole rings is 1. The number of esters is 1. The van der Waals surface area contributed by atoms with E-state index in [0.29, 0.717) is 32.1 Å². The molecule has 1 aromatic heterocycles. The average Bonchev–Trinajstić information content (AvgIpc) is 3.41. The first-order chi connectivity index (χ1) is 22.9. The van der Waals surface area contributed by atoms with Crippen LogP contribution in [0.3, 0.4) is 0 Å². The number of benzene rings is 4. The largest absolute Gasteiger partial charge is 0.497 e. The number of hydrogen-bond acceptors (Lipinski definition) is 8. The molecule has 2 heterocycles. The summed E-state index contributed by atoms with van der Waals surface area (Å²) in [6.45, 7) is 2.18. The molecule has 4 aromatic carbocycles. The summed E-state index contributed by atoms with van der Waals surface area (Å²) in [6, 6.07) is 29.7. The summed E-state index contributed by atoms with van der Waals surface area (Å²) in [5.74, 6) is -0.320. The first-order valence-corrected chi connectivity index (χ1v) is 15.7. The maximum absolute atomic E-state index is 14.1. The highest BCUT2D eigenvalue weighted by Gasteiger charge is 2.35. The highest BCUT2D eigenvalue weighted by atomic mass is 32.1. The van der Waals surface area contributed by atoms with Gasteiger partial charge in [0.2, 0.25) is 0 Å². The third-order valence-electron chi connectivity index (χ3n) is 7.57. The molecule has 1 aliphatic heterocycles. The molecule has 1 atom stereocenters. The molecule has 10 heteroatoms. The van der Waals surface area contributed by atoms with Crippen LogP contribution >= 0.6 is 11.3 Å². The molecule has 1 N–H and O–H groups in total. The first kappa shape index (κ1) is 31.3. The molecule has 0 amide bonds. The van der Waals surface area contributed by atoms with E-state index < -0.39 is 18.0 Å². The fourth-order valence-electron chi connectivity index (χ4n) is 5.29. The van der Waals surface area contributed by atoms with Gasteiger partial charge in [0.1, 0.15) is 18.1 Å². The Hall–Kier alpha value is -5.74. The van der Waals surface area contributed by atoms with E-state index >= 15 is 0 Å². The van der Waals surface area contributed by atoms with Crippen LogP contribution in [0, 0.1) is 0 Å². The molecule has 0 unspecified atom stereocenters. The van der Waals surface area contributed by atoms with Crippen LogP contribution < -0.4 is 24.4 Å². The third kappa shape index (κ3) is 6.63. The number of carbonyl (C=O) groups is 2. The van der Waals surface area contributed by atoms with Crippen molar-refractivity contribution >= 4 is 35.0 Å². The summed E-state index contributed by atoms with van der Waals surface area (Å²) in [4.78, 5) is 44.2. The van der Waals surface area contributed by atoms with Gasteiger partial charge in [-0.25, -0.2) is 14.6 Å². The lowest BCUT2D eigenvalue weighted by atomic mass is 9.93. The van der Waals surface area contributed by atoms with Gasteiger partial charge in [-0.05, 0) is 66.1 Å². The number of hydrogen-bond donors (Lipinski definition) is 1. The van der Waals surface area contributed by atoms with E-state index in [2.05, 4.69) is 0 Å². The Bertz CT molecular complexity index is 2150. The number of aromatic carboxylic acids is 1. The second-order valence-electron chi connectivity index (χ2n) is 10.6. The molecule has 0 radical (unpaired) electrons. The SMILES string of the molecule is CCOC(=O)C1=C(c2ccccc2)N=c2s/c(=C/c3ccc(OCc4ccc(C(=O)O)cc4)cc3)c(=O)n2[C@@H]1c1cccc(OC)c1. The number of nitrogens with zero attached hydrogens (tertiary/aromatic N) is 2. The van der Waals surface area contributed by atoms with Gasteiger partial charge in [-0.2, -0.15) is 0 Å². The van der Waals surface area contributed by atoms with Crippen molar-refractivity contribution in [2.75, 3.05) is 13.7 Å². The summed E-state index contributed by atoms with van der Waals surface area (Å²) >= 11 is 1.24. The summed E-state index contributed by atoms with van der Waals surface area (Å²) in [5, 5.41) is 9.09. The molecule has 9 nitrogen and oxygen atoms in total. The second-order valence-corrected chi connectivity index (χ2v) is 11.6. The zero-order valence-corrected chi connectivity index (χ0v) is 26.4. The van der Waals surface area contributed by atoms with Gasteiger partial charge in [0.25, 0.3) is 5.56 Å². The van der Waals surface area contributed by atoms with Crippen LogP contribution in [0.5, 0.6) is 11.5 Å². The summed E-state index contributed by atoms with van der Waals surface area (Å²) in [6.07, 6.45) is 1.79. The van der Waals surface area contributed by atoms with E-state index in [0.717, 1.165) is 16.7 Å². The smallest absolute Gasteiger partial charge is 0.338 e. The van der Waals surface area contributed by atoms with E-state index in [4.69, 9.17) is 24.3 Å². The predicted octanol–water partition coefficient (Wildman–Crippen LogP) is 5.22. The topological polar surface area (TPSA) is 116 Å². The van der Waals surface area contributed by atoms with Gasteiger partial charge >= 0.3 is 11.9 Å². The molecule has 0 spiro atoms. The molecule has 0 saturated carbocycles. The highest BCUT2D eigenvalue weighted by Crippen LogP contribution is 2.36. The number of carbonyl (C=O) groups excluding carboxylic acids is 1. The number of rotatable bonds is 10. The van der Waals surface area contributed by atoms with E-state index in [1.54, 1.807) is 48.9 Å². The maximum atomic E-state index is 14.1. The molecule has 0 aliphatic carbocycles. The fraction of sp³-hybridized carbons (Fsp3) is 0.135. The molecule has 0 fully saturated rings. The average molecular weight is 647 g/mol. The normalized spacial score (nSPS) is 14.3. The van der Waals surface area contributed by atoms with Crippen molar-refractivity contribution in [3.8, 4) is 11.5 Å². The molecular weight excluding hydrogens is 616 g/mol. The first-order valence-electron chi connectivity index (χ1n) is 14.8. The number of ether oxygens (including phenoxy) is 3. The lowest BCUT2D eigenvalue weighted by molar-refractivity contribution is -0.138. The molecule has 0 bridgehead atoms. The number of fused-ring (bicyclic) bond motifs is 1. The number of carboxylic acids is 1. The van der Waals surface area contributed by atoms with Gasteiger partial charge < -0.3 is 19.3 Å². The Morgan fingerprint density at radius 1 is 0.936 bits per heavy atom. The van der Waals surface area contributed by atoms with Gasteiger partial charge in [-0.1, -0.05) is 78.1 Å². The van der Waals surface area contributed by atoms with Gasteiger partial charge in [0, 0.05) is 5.56 Å². The van der Waals surface area contributed by atoms with Crippen LogP contribution in [0.1, 0.15) is 45.6 Å². The quantitative estimate of drug-likeness (QED) is 0.207. The van der Waals surface area contributed by atoms with Gasteiger partial charge in [0.15, 0.2) is 4.80 Å². The van der Waals surface area contributed by atoms with Crippen molar-refractivity contribution in [3.63, 3.8) is 0 Å². The molecule has 0 saturated heterocycles. The highest BCUT2D eigenvalue weighted by molar-refractivity contribution is 7.07. The minimum absolute atomic E-state index is 0.163. The van der Waals surface area contributed by atoms with Crippen molar-refractivity contribution in [2.24, 2.45) is 4.99 Å². The van der Waals surface area contributed by atoms with Crippen LogP contribution in [0.15, 0.2) is 118 Å². The Morgan fingerprint density at radius 2 is 1.68 bits per heavy atom. The van der Waals surface area contributed by atoms with Gasteiger partial charge in [0.05, 0.1) is 41.1 Å². The minimum Gasteiger partial charge on any atom is -0.497 e. The molecule has 47 heavy (non-hydrogen) atoms. The van der Waals surface area contributed by atoms with Crippen LogP contribution in [0.25, 0.3) is 11.8 Å². The Kier molecular flexibility index (Phi) is 9.12. The lowest BCUT2D eigenvalue weighted by Crippen LogP contribution is -2.40. The summed E-state index contributed by atoms with van der Waals surface area (Å²) in [7, 11) is 1.57. The van der Waals surface area contributed by atoms with Crippen LogP contribution in [-0.4, -0.2) is 35.3 Å². The minimum atomic E-state index is -0.979. The summed E-state index contributed by atoms with van der Waals surface area (Å²) in [5.41, 5.74) is 3.67. The van der Waals surface area contributed by atoms with Crippen LogP contribution in [-0.2, 0) is 16.1 Å². The molecule has 5 aromatic rings. The summed E-state index contributed by atoms with van der Waals surface area (Å²) < 4.78 is 18.9. The number of methoxy groups -OCH3 is 1. The second kappa shape index (κ2) is 13.7. The molecule has 1 aliphatic rings. The maximum Gasteiger partial charge on any atom is 0.338 e. The fourth-order valence-corrected chi connectivity index (χ4v) is 6.29. The van der Waals surface area contributed by atoms with E-state index in [9.17, 15) is 14.4 Å². The standard InChI is InChI=1S/C37H30N2O7S/c1-3-45-36(43)31-32(25-8-5-4-6-9-25)38-37-39(33(31)27-10-7-11-29(21-27)44-2)34(40)30(47-37)20-23-14-18-28(19-15-23)46-22-24-12-16-26(17-13-24)35(41)42/h4-21,33H,3,22H2,1-2H3,(H,41,42)/b30-20+/t33-/m1/s1. The lowest BCUT2D eigenvalue weighted by Gasteiger charge is -2.26. The number of carboxylic acid groups (broad SMARTS) is 1. The van der Waals surface area contributed by atoms with E-state index in [1.807, 2.05) is 66.7 Å². The molecular formula is C37H30N2O7S. The Balaban J connectivity index is 1.40. The van der Waals surface area contributed by atoms with Gasteiger partial charge in [-0.3, -0.25) is 9.36 Å². The Labute approximate surface area is 274 Å². The van der Waals surface area contributed by atoms with Crippen molar-refractivity contribution < 1.29 is 28.9 Å². The monoisotopic (exact) mass is 646 g/mol. The van der Waals surface area contributed by atoms with Gasteiger partial charge in [-0.15, -0.1) is 0 Å². The van der Waals surface area contributed by atoms with E-state index in [1.165, 1.54) is 23.5 Å². The van der Waals surface area contributed by atoms with Crippen molar-refractivity contribution in [1.29, 1.82) is 0 Å². The predicted molar refractivity (Wildman–Crippen MR) is 178 cm³/mol. The number of aromatic nitrogens is 1. The van der Waals surface area contributed by atoms with Crippen LogP contribution in [0.4, 0.5) is 0 Å². The third-order valence-corrected chi connectivity index (χ3v) is 8.55. The Morgan fingerprint density at radius 3 is 2.36 bits per heavy atom. The molecule has 6 rings (SSSR count).